The van der Waals surface area contributed by atoms with Gasteiger partial charge in [-0.25, -0.2) is 4.68 Å². The Morgan fingerprint density at radius 1 is 1.16 bits per heavy atom. The Morgan fingerprint density at radius 2 is 1.94 bits per heavy atom. The molecule has 0 aliphatic carbocycles. The zero-order valence-electron chi connectivity index (χ0n) is 18.6. The third-order valence-electron chi connectivity index (χ3n) is 5.57. The molecule has 0 aliphatic rings. The molecule has 0 bridgehead atoms. The predicted octanol–water partition coefficient (Wildman–Crippen LogP) is 3.17. The average Bonchev–Trinajstić information content (AvgIpc) is 3.14. The molecule has 0 saturated carbocycles. The minimum atomic E-state index is -0.600. The normalized spacial score (nSPS) is 12.1. The third-order valence-corrected chi connectivity index (χ3v) is 5.57. The van der Waals surface area contributed by atoms with Gasteiger partial charge in [-0.15, -0.1) is 0 Å². The highest BCUT2D eigenvalue weighted by atomic mass is 16.5. The highest BCUT2D eigenvalue weighted by Gasteiger charge is 2.23. The fourth-order valence-corrected chi connectivity index (χ4v) is 3.94. The number of hydrogen-bond donors (Lipinski definition) is 1. The fraction of sp³-hybridized carbons (Fsp3) is 0.292. The molecule has 1 N–H and O–H groups in total. The van der Waals surface area contributed by atoms with Gasteiger partial charge in [-0.05, 0) is 37.6 Å². The predicted molar refractivity (Wildman–Crippen MR) is 123 cm³/mol. The lowest BCUT2D eigenvalue weighted by Crippen LogP contribution is -2.32. The van der Waals surface area contributed by atoms with Crippen LogP contribution in [0, 0.1) is 0 Å². The zero-order valence-corrected chi connectivity index (χ0v) is 18.6. The van der Waals surface area contributed by atoms with Gasteiger partial charge < -0.3 is 19.4 Å². The standard InChI is InChI=1S/C24H26N4O4/c1-5-32-21-12-16(10-11-20(21)31-4)13-25-23(29)15(2)28-19-9-7-6-8-17(19)18-14-26-27(3)24(30)22(18)28/h6-12,14-15H,5,13H2,1-4H3,(H,25,29). The van der Waals surface area contributed by atoms with Crippen LogP contribution in [0.4, 0.5) is 0 Å². The molecule has 4 rings (SSSR count). The fourth-order valence-electron chi connectivity index (χ4n) is 3.94. The molecule has 8 nitrogen and oxygen atoms in total. The van der Waals surface area contributed by atoms with E-state index in [-0.39, 0.29) is 11.5 Å². The number of aromatic nitrogens is 3. The van der Waals surface area contributed by atoms with E-state index < -0.39 is 6.04 Å². The van der Waals surface area contributed by atoms with E-state index in [4.69, 9.17) is 9.47 Å². The van der Waals surface area contributed by atoms with Gasteiger partial charge in [0, 0.05) is 24.4 Å². The molecule has 2 aromatic carbocycles. The second-order valence-corrected chi connectivity index (χ2v) is 7.53. The van der Waals surface area contributed by atoms with Gasteiger partial charge in [0.25, 0.3) is 5.56 Å². The lowest BCUT2D eigenvalue weighted by Gasteiger charge is -2.17. The van der Waals surface area contributed by atoms with E-state index in [9.17, 15) is 9.59 Å². The van der Waals surface area contributed by atoms with E-state index in [2.05, 4.69) is 10.4 Å². The van der Waals surface area contributed by atoms with Crippen molar-refractivity contribution in [3.05, 3.63) is 64.6 Å². The lowest BCUT2D eigenvalue weighted by molar-refractivity contribution is -0.123. The van der Waals surface area contributed by atoms with Crippen LogP contribution in [0.15, 0.2) is 53.5 Å². The van der Waals surface area contributed by atoms with Crippen LogP contribution < -0.4 is 20.3 Å². The first-order valence-electron chi connectivity index (χ1n) is 10.5. The Morgan fingerprint density at radius 3 is 2.69 bits per heavy atom. The van der Waals surface area contributed by atoms with E-state index in [1.54, 1.807) is 31.8 Å². The number of carbonyl (C=O) groups is 1. The van der Waals surface area contributed by atoms with Crippen LogP contribution in [0.1, 0.15) is 25.5 Å². The highest BCUT2D eigenvalue weighted by molar-refractivity contribution is 6.08. The molecule has 1 amide bonds. The average molecular weight is 434 g/mol. The molecule has 0 aliphatic heterocycles. The van der Waals surface area contributed by atoms with Crippen molar-refractivity contribution in [3.63, 3.8) is 0 Å². The highest BCUT2D eigenvalue weighted by Crippen LogP contribution is 2.30. The number of fused-ring (bicyclic) bond motifs is 3. The molecule has 0 fully saturated rings. The molecule has 0 saturated heterocycles. The van der Waals surface area contributed by atoms with Gasteiger partial charge in [0.2, 0.25) is 5.91 Å². The number of methoxy groups -OCH3 is 1. The van der Waals surface area contributed by atoms with E-state index in [1.165, 1.54) is 4.68 Å². The zero-order chi connectivity index (χ0) is 22.8. The van der Waals surface area contributed by atoms with Crippen LogP contribution in [0.25, 0.3) is 21.8 Å². The SMILES string of the molecule is CCOc1cc(CNC(=O)C(C)n2c3ccccc3c3cnn(C)c(=O)c32)ccc1OC. The number of hydrogen-bond acceptors (Lipinski definition) is 5. The molecule has 4 aromatic rings. The molecule has 8 heteroatoms. The molecule has 2 heterocycles. The summed E-state index contributed by atoms with van der Waals surface area (Å²) < 4.78 is 14.0. The van der Waals surface area contributed by atoms with Crippen molar-refractivity contribution >= 4 is 27.7 Å². The summed E-state index contributed by atoms with van der Waals surface area (Å²) in [5, 5.41) is 8.76. The van der Waals surface area contributed by atoms with Crippen molar-refractivity contribution in [1.29, 1.82) is 0 Å². The summed E-state index contributed by atoms with van der Waals surface area (Å²) in [6.45, 7) is 4.53. The Labute approximate surface area is 185 Å². The number of rotatable bonds is 7. The lowest BCUT2D eigenvalue weighted by atomic mass is 10.2. The Bertz CT molecular complexity index is 1360. The molecule has 1 atom stereocenters. The van der Waals surface area contributed by atoms with Crippen LogP contribution in [-0.2, 0) is 18.4 Å². The van der Waals surface area contributed by atoms with Crippen LogP contribution in [0.3, 0.4) is 0 Å². The second kappa shape index (κ2) is 8.74. The number of amides is 1. The van der Waals surface area contributed by atoms with Crippen molar-refractivity contribution in [2.75, 3.05) is 13.7 Å². The number of aryl methyl sites for hydroxylation is 1. The molecule has 32 heavy (non-hydrogen) atoms. The minimum Gasteiger partial charge on any atom is -0.493 e. The molecule has 0 spiro atoms. The number of benzene rings is 2. The summed E-state index contributed by atoms with van der Waals surface area (Å²) in [4.78, 5) is 26.0. The monoisotopic (exact) mass is 434 g/mol. The van der Waals surface area contributed by atoms with Gasteiger partial charge in [-0.2, -0.15) is 5.10 Å². The van der Waals surface area contributed by atoms with Crippen LogP contribution in [-0.4, -0.2) is 34.0 Å². The van der Waals surface area contributed by atoms with E-state index in [1.807, 2.05) is 49.4 Å². The first kappa shape index (κ1) is 21.4. The van der Waals surface area contributed by atoms with Crippen molar-refractivity contribution in [3.8, 4) is 11.5 Å². The summed E-state index contributed by atoms with van der Waals surface area (Å²) >= 11 is 0. The Hall–Kier alpha value is -3.81. The smallest absolute Gasteiger partial charge is 0.291 e. The summed E-state index contributed by atoms with van der Waals surface area (Å²) in [7, 11) is 3.20. The summed E-state index contributed by atoms with van der Waals surface area (Å²) in [6.07, 6.45) is 1.67. The van der Waals surface area contributed by atoms with Crippen molar-refractivity contribution in [1.82, 2.24) is 19.7 Å². The second-order valence-electron chi connectivity index (χ2n) is 7.53. The topological polar surface area (TPSA) is 87.4 Å². The third kappa shape index (κ3) is 3.68. The first-order chi connectivity index (χ1) is 15.5. The van der Waals surface area contributed by atoms with Crippen LogP contribution in [0.2, 0.25) is 0 Å². The number of ether oxygens (including phenoxy) is 2. The van der Waals surface area contributed by atoms with Crippen LogP contribution in [0.5, 0.6) is 11.5 Å². The van der Waals surface area contributed by atoms with Gasteiger partial charge in [0.05, 0.1) is 25.4 Å². The maximum Gasteiger partial charge on any atom is 0.291 e. The summed E-state index contributed by atoms with van der Waals surface area (Å²) in [6, 6.07) is 12.6. The van der Waals surface area contributed by atoms with E-state index in [0.29, 0.717) is 30.2 Å². The van der Waals surface area contributed by atoms with Crippen LogP contribution >= 0.6 is 0 Å². The maximum absolute atomic E-state index is 13.1. The van der Waals surface area contributed by atoms with Gasteiger partial charge in [-0.1, -0.05) is 24.3 Å². The number of para-hydroxylation sites is 1. The molecular weight excluding hydrogens is 408 g/mol. The largest absolute Gasteiger partial charge is 0.493 e. The quantitative estimate of drug-likeness (QED) is 0.483. The van der Waals surface area contributed by atoms with E-state index >= 15 is 0 Å². The van der Waals surface area contributed by atoms with Crippen molar-refractivity contribution in [2.45, 2.75) is 26.4 Å². The van der Waals surface area contributed by atoms with E-state index in [0.717, 1.165) is 21.9 Å². The Balaban J connectivity index is 1.66. The van der Waals surface area contributed by atoms with Crippen molar-refractivity contribution < 1.29 is 14.3 Å². The van der Waals surface area contributed by atoms with Gasteiger partial charge in [0.1, 0.15) is 11.6 Å². The molecule has 0 radical (unpaired) electrons. The van der Waals surface area contributed by atoms with Crippen molar-refractivity contribution in [2.24, 2.45) is 7.05 Å². The molecule has 1 unspecified atom stereocenters. The molecule has 2 aromatic heterocycles. The maximum atomic E-state index is 13.1. The molecule has 166 valence electrons. The van der Waals surface area contributed by atoms with Gasteiger partial charge >= 0.3 is 0 Å². The van der Waals surface area contributed by atoms with Gasteiger partial charge in [-0.3, -0.25) is 9.59 Å². The molecular formula is C24H26N4O4. The number of nitrogens with zero attached hydrogens (tertiary/aromatic N) is 3. The Kier molecular flexibility index (Phi) is 5.85. The number of carbonyl (C=O) groups excluding carboxylic acids is 1. The van der Waals surface area contributed by atoms with Gasteiger partial charge in [0.15, 0.2) is 11.5 Å². The summed E-state index contributed by atoms with van der Waals surface area (Å²) in [5.41, 5.74) is 1.93. The number of nitrogens with one attached hydrogen (secondary N) is 1. The first-order valence-corrected chi connectivity index (χ1v) is 10.5. The minimum absolute atomic E-state index is 0.194. The summed E-state index contributed by atoms with van der Waals surface area (Å²) in [5.74, 6) is 1.08.